The van der Waals surface area contributed by atoms with Crippen molar-refractivity contribution < 1.29 is 0 Å². The van der Waals surface area contributed by atoms with Crippen LogP contribution in [0.5, 0.6) is 0 Å². The molecule has 0 saturated heterocycles. The van der Waals surface area contributed by atoms with Gasteiger partial charge in [-0.1, -0.05) is 6.07 Å². The van der Waals surface area contributed by atoms with Gasteiger partial charge in [-0.2, -0.15) is 10.1 Å². The number of hydrogen-bond donors (Lipinski definition) is 2. The first-order valence-corrected chi connectivity index (χ1v) is 11.8. The van der Waals surface area contributed by atoms with E-state index in [1.807, 2.05) is 23.9 Å². The first-order valence-electron chi connectivity index (χ1n) is 11.8. The van der Waals surface area contributed by atoms with Crippen molar-refractivity contribution in [3.8, 4) is 5.82 Å². The minimum absolute atomic E-state index is 0.0445. The number of nitrogens with zero attached hydrogens (tertiary/aromatic N) is 6. The van der Waals surface area contributed by atoms with Gasteiger partial charge in [-0.25, -0.2) is 14.3 Å². The molecule has 0 saturated carbocycles. The van der Waals surface area contributed by atoms with Crippen LogP contribution in [0.4, 0.5) is 11.6 Å². The number of benzene rings is 1. The molecule has 5 rings (SSSR count). The van der Waals surface area contributed by atoms with Crippen molar-refractivity contribution >= 4 is 22.7 Å². The van der Waals surface area contributed by atoms with Crippen LogP contribution in [0.2, 0.25) is 0 Å². The summed E-state index contributed by atoms with van der Waals surface area (Å²) >= 11 is 0. The van der Waals surface area contributed by atoms with Crippen molar-refractivity contribution in [1.29, 1.82) is 0 Å². The van der Waals surface area contributed by atoms with E-state index in [9.17, 15) is 4.79 Å². The highest BCUT2D eigenvalue weighted by Gasteiger charge is 2.27. The first-order chi connectivity index (χ1) is 16.1. The Labute approximate surface area is 198 Å². The maximum atomic E-state index is 13.0. The van der Waals surface area contributed by atoms with Crippen LogP contribution in [0.15, 0.2) is 41.5 Å². The Morgan fingerprint density at radius 3 is 2.71 bits per heavy atom. The normalized spacial score (nSPS) is 15.5. The Balaban J connectivity index is 1.57. The van der Waals surface area contributed by atoms with Crippen LogP contribution in [-0.4, -0.2) is 35.7 Å². The van der Waals surface area contributed by atoms with Crippen molar-refractivity contribution in [2.45, 2.75) is 65.6 Å². The van der Waals surface area contributed by atoms with Crippen molar-refractivity contribution in [2.75, 3.05) is 11.9 Å². The number of nitrogens with one attached hydrogen (secondary N) is 2. The number of aromatic nitrogens is 6. The van der Waals surface area contributed by atoms with E-state index in [4.69, 9.17) is 10.1 Å². The van der Waals surface area contributed by atoms with Crippen molar-refractivity contribution in [3.05, 3.63) is 58.1 Å². The van der Waals surface area contributed by atoms with E-state index in [0.717, 1.165) is 18.7 Å². The molecule has 0 spiro atoms. The molecule has 34 heavy (non-hydrogen) atoms. The van der Waals surface area contributed by atoms with Crippen LogP contribution < -0.4 is 16.2 Å². The summed E-state index contributed by atoms with van der Waals surface area (Å²) in [5.41, 5.74) is 3.75. The summed E-state index contributed by atoms with van der Waals surface area (Å²) in [6, 6.07) is 8.28. The van der Waals surface area contributed by atoms with Crippen molar-refractivity contribution in [1.82, 2.24) is 34.4 Å². The van der Waals surface area contributed by atoms with Crippen LogP contribution in [0.25, 0.3) is 16.9 Å². The second kappa shape index (κ2) is 7.80. The SMILES string of the molecule is CCn1c(=O)c2cnc(Nc3ccc4c(c3)CCNC4(C)C)nc2n1-c1ccn(C(C)(C)C)n1. The van der Waals surface area contributed by atoms with Gasteiger partial charge in [-0.05, 0) is 77.8 Å². The van der Waals surface area contributed by atoms with E-state index in [1.54, 1.807) is 15.6 Å². The monoisotopic (exact) mass is 460 g/mol. The summed E-state index contributed by atoms with van der Waals surface area (Å²) in [5.74, 6) is 1.09. The maximum Gasteiger partial charge on any atom is 0.278 e. The number of hydrogen-bond acceptors (Lipinski definition) is 6. The molecule has 1 aliphatic heterocycles. The molecule has 0 amide bonds. The molecule has 2 N–H and O–H groups in total. The van der Waals surface area contributed by atoms with Gasteiger partial charge in [0.15, 0.2) is 11.5 Å². The Morgan fingerprint density at radius 2 is 2.00 bits per heavy atom. The van der Waals surface area contributed by atoms with Crippen molar-refractivity contribution in [2.24, 2.45) is 0 Å². The zero-order chi connectivity index (χ0) is 24.3. The average Bonchev–Trinajstić information content (AvgIpc) is 3.36. The molecule has 0 unspecified atom stereocenters. The largest absolute Gasteiger partial charge is 0.324 e. The summed E-state index contributed by atoms with van der Waals surface area (Å²) in [7, 11) is 0. The Kier molecular flexibility index (Phi) is 5.12. The summed E-state index contributed by atoms with van der Waals surface area (Å²) in [6.07, 6.45) is 4.50. The fourth-order valence-corrected chi connectivity index (χ4v) is 4.63. The summed E-state index contributed by atoms with van der Waals surface area (Å²) in [5, 5.41) is 12.1. The summed E-state index contributed by atoms with van der Waals surface area (Å²) < 4.78 is 5.32. The fraction of sp³-hybridized carbons (Fsp3) is 0.440. The van der Waals surface area contributed by atoms with Crippen LogP contribution in [0.1, 0.15) is 52.7 Å². The highest BCUT2D eigenvalue weighted by atomic mass is 16.1. The highest BCUT2D eigenvalue weighted by molar-refractivity contribution is 5.77. The molecule has 3 aromatic heterocycles. The molecule has 0 fully saturated rings. The fourth-order valence-electron chi connectivity index (χ4n) is 4.63. The topological polar surface area (TPSA) is 94.6 Å². The van der Waals surface area contributed by atoms with Gasteiger partial charge in [-0.15, -0.1) is 0 Å². The minimum Gasteiger partial charge on any atom is -0.324 e. The second-order valence-electron chi connectivity index (χ2n) is 10.4. The summed E-state index contributed by atoms with van der Waals surface area (Å²) in [4.78, 5) is 22.2. The quantitative estimate of drug-likeness (QED) is 0.483. The van der Waals surface area contributed by atoms with Crippen LogP contribution in [0.3, 0.4) is 0 Å². The van der Waals surface area contributed by atoms with E-state index in [-0.39, 0.29) is 16.6 Å². The first kappa shape index (κ1) is 22.3. The van der Waals surface area contributed by atoms with E-state index < -0.39 is 0 Å². The predicted octanol–water partition coefficient (Wildman–Crippen LogP) is 3.68. The average molecular weight is 461 g/mol. The molecule has 0 radical (unpaired) electrons. The lowest BCUT2D eigenvalue weighted by atomic mass is 9.85. The smallest absolute Gasteiger partial charge is 0.278 e. The molecule has 0 bridgehead atoms. The zero-order valence-corrected chi connectivity index (χ0v) is 20.7. The predicted molar refractivity (Wildman–Crippen MR) is 134 cm³/mol. The molecule has 9 nitrogen and oxygen atoms in total. The van der Waals surface area contributed by atoms with Gasteiger partial charge in [0.25, 0.3) is 5.56 Å². The lowest BCUT2D eigenvalue weighted by Crippen LogP contribution is -2.42. The third-order valence-electron chi connectivity index (χ3n) is 6.45. The molecule has 1 aliphatic rings. The van der Waals surface area contributed by atoms with E-state index in [2.05, 4.69) is 68.4 Å². The molecular formula is C25H32N8O. The molecule has 178 valence electrons. The molecule has 4 heterocycles. The standard InChI is InChI=1S/C25H32N8O/c1-7-31-22(34)18-15-26-23(28-17-8-9-19-16(14-17)10-12-27-25(19,5)6)29-21(18)33(31)20-11-13-32(30-20)24(2,3)4/h8-9,11,13-15,27H,7,10,12H2,1-6H3,(H,26,28,29). The third kappa shape index (κ3) is 3.69. The highest BCUT2D eigenvalue weighted by Crippen LogP contribution is 2.30. The minimum atomic E-state index is -0.170. The molecule has 1 aromatic carbocycles. The number of rotatable bonds is 4. The van der Waals surface area contributed by atoms with Gasteiger partial charge in [0.2, 0.25) is 5.95 Å². The Hall–Kier alpha value is -3.46. The van der Waals surface area contributed by atoms with Crippen LogP contribution >= 0.6 is 0 Å². The van der Waals surface area contributed by atoms with Gasteiger partial charge in [0.1, 0.15) is 5.39 Å². The lowest BCUT2D eigenvalue weighted by molar-refractivity contribution is 0.353. The molecule has 4 aromatic rings. The molecular weight excluding hydrogens is 428 g/mol. The van der Waals surface area contributed by atoms with Gasteiger partial charge >= 0.3 is 0 Å². The Bertz CT molecular complexity index is 1430. The van der Waals surface area contributed by atoms with Gasteiger partial charge < -0.3 is 10.6 Å². The van der Waals surface area contributed by atoms with Crippen molar-refractivity contribution in [3.63, 3.8) is 0 Å². The number of anilines is 2. The van der Waals surface area contributed by atoms with Crippen LogP contribution in [-0.2, 0) is 24.0 Å². The van der Waals surface area contributed by atoms with Crippen LogP contribution in [0, 0.1) is 0 Å². The summed E-state index contributed by atoms with van der Waals surface area (Å²) in [6.45, 7) is 14.0. The second-order valence-corrected chi connectivity index (χ2v) is 10.4. The van der Waals surface area contributed by atoms with E-state index in [1.165, 1.54) is 11.1 Å². The molecule has 0 aliphatic carbocycles. The maximum absolute atomic E-state index is 13.0. The number of fused-ring (bicyclic) bond motifs is 2. The van der Waals surface area contributed by atoms with Gasteiger partial charge in [-0.3, -0.25) is 9.48 Å². The van der Waals surface area contributed by atoms with Gasteiger partial charge in [0, 0.05) is 36.2 Å². The zero-order valence-electron chi connectivity index (χ0n) is 20.7. The Morgan fingerprint density at radius 1 is 1.21 bits per heavy atom. The van der Waals surface area contributed by atoms with E-state index in [0.29, 0.717) is 29.3 Å². The van der Waals surface area contributed by atoms with E-state index >= 15 is 0 Å². The lowest BCUT2D eigenvalue weighted by Gasteiger charge is -2.34. The molecule has 9 heteroatoms. The molecule has 0 atom stereocenters. The van der Waals surface area contributed by atoms with Gasteiger partial charge in [0.05, 0.1) is 5.54 Å². The third-order valence-corrected chi connectivity index (χ3v) is 6.45.